The summed E-state index contributed by atoms with van der Waals surface area (Å²) in [5, 5.41) is 11.8. The summed E-state index contributed by atoms with van der Waals surface area (Å²) in [5.41, 5.74) is 2.85. The van der Waals surface area contributed by atoms with Gasteiger partial charge in [0.05, 0.1) is 29.6 Å². The van der Waals surface area contributed by atoms with Crippen LogP contribution in [0.5, 0.6) is 0 Å². The standard InChI is InChI=1S/C19H16N4O/c1-13(22-19(24)16-9-5-6-14(10-16)11-20)18-21-12-17(23-18)15-7-3-2-4-8-15/h2-10,12-13H,1H3,(H,21,23)(H,22,24)/t13-/m1/s1. The fourth-order valence-electron chi connectivity index (χ4n) is 2.40. The summed E-state index contributed by atoms with van der Waals surface area (Å²) in [5.74, 6) is 0.441. The van der Waals surface area contributed by atoms with Crippen molar-refractivity contribution in [3.8, 4) is 17.3 Å². The Morgan fingerprint density at radius 3 is 2.75 bits per heavy atom. The summed E-state index contributed by atoms with van der Waals surface area (Å²) in [6, 6.07) is 18.2. The number of imidazole rings is 1. The highest BCUT2D eigenvalue weighted by atomic mass is 16.1. The summed E-state index contributed by atoms with van der Waals surface area (Å²) >= 11 is 0. The van der Waals surface area contributed by atoms with E-state index in [-0.39, 0.29) is 11.9 Å². The van der Waals surface area contributed by atoms with Crippen LogP contribution >= 0.6 is 0 Å². The molecule has 0 bridgehead atoms. The number of carbonyl (C=O) groups is 1. The number of nitrogens with one attached hydrogen (secondary N) is 2. The van der Waals surface area contributed by atoms with Crippen LogP contribution in [0.4, 0.5) is 0 Å². The molecule has 0 fully saturated rings. The lowest BCUT2D eigenvalue weighted by Crippen LogP contribution is -2.27. The van der Waals surface area contributed by atoms with Crippen LogP contribution in [0, 0.1) is 11.3 Å². The number of aromatic nitrogens is 2. The molecule has 0 aliphatic carbocycles. The second-order valence-corrected chi connectivity index (χ2v) is 5.44. The highest BCUT2D eigenvalue weighted by Gasteiger charge is 2.15. The molecule has 1 heterocycles. The van der Waals surface area contributed by atoms with E-state index < -0.39 is 0 Å². The van der Waals surface area contributed by atoms with Crippen LogP contribution in [0.15, 0.2) is 60.8 Å². The molecular weight excluding hydrogens is 300 g/mol. The van der Waals surface area contributed by atoms with Crippen molar-refractivity contribution >= 4 is 5.91 Å². The molecule has 0 spiro atoms. The zero-order chi connectivity index (χ0) is 16.9. The highest BCUT2D eigenvalue weighted by Crippen LogP contribution is 2.19. The van der Waals surface area contributed by atoms with Gasteiger partial charge in [0, 0.05) is 5.56 Å². The van der Waals surface area contributed by atoms with Gasteiger partial charge in [0.25, 0.3) is 5.91 Å². The van der Waals surface area contributed by atoms with Gasteiger partial charge in [-0.3, -0.25) is 4.79 Å². The second-order valence-electron chi connectivity index (χ2n) is 5.44. The van der Waals surface area contributed by atoms with Crippen molar-refractivity contribution in [2.24, 2.45) is 0 Å². The number of benzene rings is 2. The lowest BCUT2D eigenvalue weighted by Gasteiger charge is -2.11. The van der Waals surface area contributed by atoms with Crippen LogP contribution in [0.1, 0.15) is 34.7 Å². The topological polar surface area (TPSA) is 81.6 Å². The number of nitrogens with zero attached hydrogens (tertiary/aromatic N) is 2. The number of nitriles is 1. The van der Waals surface area contributed by atoms with Gasteiger partial charge in [0.2, 0.25) is 0 Å². The van der Waals surface area contributed by atoms with Gasteiger partial charge in [-0.15, -0.1) is 0 Å². The molecule has 24 heavy (non-hydrogen) atoms. The Morgan fingerprint density at radius 2 is 2.00 bits per heavy atom. The predicted octanol–water partition coefficient (Wildman–Crippen LogP) is 3.44. The summed E-state index contributed by atoms with van der Waals surface area (Å²) in [6.45, 7) is 1.86. The number of hydrogen-bond acceptors (Lipinski definition) is 3. The van der Waals surface area contributed by atoms with E-state index in [1.54, 1.807) is 30.5 Å². The molecule has 118 valence electrons. The fourth-order valence-corrected chi connectivity index (χ4v) is 2.40. The first kappa shape index (κ1) is 15.5. The Hall–Kier alpha value is -3.39. The molecule has 1 aromatic heterocycles. The number of hydrogen-bond donors (Lipinski definition) is 2. The Morgan fingerprint density at radius 1 is 1.21 bits per heavy atom. The maximum absolute atomic E-state index is 12.3. The molecular formula is C19H16N4O. The molecule has 0 saturated heterocycles. The molecule has 2 N–H and O–H groups in total. The van der Waals surface area contributed by atoms with Crippen LogP contribution in [0.3, 0.4) is 0 Å². The van der Waals surface area contributed by atoms with Crippen molar-refractivity contribution in [3.05, 3.63) is 77.7 Å². The number of amides is 1. The van der Waals surface area contributed by atoms with Crippen LogP contribution in [0.2, 0.25) is 0 Å². The van der Waals surface area contributed by atoms with Gasteiger partial charge in [0.1, 0.15) is 5.82 Å². The Labute approximate surface area is 140 Å². The Balaban J connectivity index is 1.73. The maximum atomic E-state index is 12.3. The molecule has 0 radical (unpaired) electrons. The zero-order valence-electron chi connectivity index (χ0n) is 13.2. The SMILES string of the molecule is C[C@@H](NC(=O)c1cccc(C#N)c1)c1ncc(-c2ccccc2)[nH]1. The third-order valence-electron chi connectivity index (χ3n) is 3.69. The van der Waals surface area contributed by atoms with Crippen LogP contribution in [0.25, 0.3) is 11.3 Å². The Kier molecular flexibility index (Phi) is 4.39. The first-order valence-electron chi connectivity index (χ1n) is 7.58. The van der Waals surface area contributed by atoms with Gasteiger partial charge in [-0.1, -0.05) is 36.4 Å². The maximum Gasteiger partial charge on any atom is 0.251 e. The normalized spacial score (nSPS) is 11.5. The van der Waals surface area contributed by atoms with Crippen molar-refractivity contribution in [1.29, 1.82) is 5.26 Å². The average Bonchev–Trinajstić information content (AvgIpc) is 3.13. The summed E-state index contributed by atoms with van der Waals surface area (Å²) in [4.78, 5) is 19.9. The van der Waals surface area contributed by atoms with Gasteiger partial charge < -0.3 is 10.3 Å². The molecule has 0 unspecified atom stereocenters. The van der Waals surface area contributed by atoms with Crippen molar-refractivity contribution in [3.63, 3.8) is 0 Å². The van der Waals surface area contributed by atoms with Crippen molar-refractivity contribution in [2.45, 2.75) is 13.0 Å². The van der Waals surface area contributed by atoms with Crippen LogP contribution in [-0.2, 0) is 0 Å². The van der Waals surface area contributed by atoms with Crippen LogP contribution in [-0.4, -0.2) is 15.9 Å². The third-order valence-corrected chi connectivity index (χ3v) is 3.69. The number of carbonyl (C=O) groups excluding carboxylic acids is 1. The van der Waals surface area contributed by atoms with E-state index in [1.165, 1.54) is 0 Å². The molecule has 0 aliphatic heterocycles. The Bertz CT molecular complexity index is 893. The number of H-pyrrole nitrogens is 1. The van der Waals surface area contributed by atoms with Gasteiger partial charge in [-0.05, 0) is 30.7 Å². The van der Waals surface area contributed by atoms with E-state index in [0.717, 1.165) is 11.3 Å². The lowest BCUT2D eigenvalue weighted by molar-refractivity contribution is 0.0938. The first-order chi connectivity index (χ1) is 11.7. The van der Waals surface area contributed by atoms with E-state index in [9.17, 15) is 4.79 Å². The van der Waals surface area contributed by atoms with E-state index in [2.05, 4.69) is 15.3 Å². The average molecular weight is 316 g/mol. The van der Waals surface area contributed by atoms with Gasteiger partial charge >= 0.3 is 0 Å². The molecule has 0 saturated carbocycles. The third kappa shape index (κ3) is 3.33. The lowest BCUT2D eigenvalue weighted by atomic mass is 10.1. The van der Waals surface area contributed by atoms with Crippen molar-refractivity contribution in [2.75, 3.05) is 0 Å². The molecule has 3 rings (SSSR count). The molecule has 5 heteroatoms. The summed E-state index contributed by atoms with van der Waals surface area (Å²) < 4.78 is 0. The minimum atomic E-state index is -0.277. The van der Waals surface area contributed by atoms with Gasteiger partial charge in [0.15, 0.2) is 0 Å². The van der Waals surface area contributed by atoms with Crippen LogP contribution < -0.4 is 5.32 Å². The van der Waals surface area contributed by atoms with Crippen molar-refractivity contribution < 1.29 is 4.79 Å². The largest absolute Gasteiger partial charge is 0.342 e. The number of aromatic amines is 1. The molecule has 1 amide bonds. The smallest absolute Gasteiger partial charge is 0.251 e. The fraction of sp³-hybridized carbons (Fsp3) is 0.105. The minimum Gasteiger partial charge on any atom is -0.342 e. The predicted molar refractivity (Wildman–Crippen MR) is 91.1 cm³/mol. The quantitative estimate of drug-likeness (QED) is 0.773. The monoisotopic (exact) mass is 316 g/mol. The molecule has 5 nitrogen and oxygen atoms in total. The molecule has 3 aromatic rings. The van der Waals surface area contributed by atoms with E-state index in [1.807, 2.05) is 43.3 Å². The zero-order valence-corrected chi connectivity index (χ0v) is 13.2. The van der Waals surface area contributed by atoms with E-state index >= 15 is 0 Å². The van der Waals surface area contributed by atoms with Crippen molar-refractivity contribution in [1.82, 2.24) is 15.3 Å². The molecule has 1 atom stereocenters. The number of rotatable bonds is 4. The minimum absolute atomic E-state index is 0.239. The molecule has 2 aromatic carbocycles. The van der Waals surface area contributed by atoms with Gasteiger partial charge in [-0.25, -0.2) is 4.98 Å². The first-order valence-corrected chi connectivity index (χ1v) is 7.58. The van der Waals surface area contributed by atoms with E-state index in [4.69, 9.17) is 5.26 Å². The van der Waals surface area contributed by atoms with E-state index in [0.29, 0.717) is 17.0 Å². The van der Waals surface area contributed by atoms with Gasteiger partial charge in [-0.2, -0.15) is 5.26 Å². The highest BCUT2D eigenvalue weighted by molar-refractivity contribution is 5.94. The summed E-state index contributed by atoms with van der Waals surface area (Å²) in [6.07, 6.45) is 1.75. The molecule has 0 aliphatic rings. The second kappa shape index (κ2) is 6.80. The summed E-state index contributed by atoms with van der Waals surface area (Å²) in [7, 11) is 0.